The van der Waals surface area contributed by atoms with Gasteiger partial charge in [0.05, 0.1) is 0 Å². The van der Waals surface area contributed by atoms with Crippen LogP contribution in [0.5, 0.6) is 0 Å². The Labute approximate surface area is 59.7 Å². The van der Waals surface area contributed by atoms with Crippen molar-refractivity contribution in [2.45, 2.75) is 46.5 Å². The first kappa shape index (κ1) is 9.00. The molecule has 0 nitrogen and oxygen atoms in total. The van der Waals surface area contributed by atoms with Crippen molar-refractivity contribution in [3.05, 3.63) is 6.42 Å². The Bertz CT molecular complexity index is 48.0. The highest BCUT2D eigenvalue weighted by Crippen LogP contribution is 2.11. The van der Waals surface area contributed by atoms with E-state index in [9.17, 15) is 0 Å². The van der Waals surface area contributed by atoms with E-state index in [4.69, 9.17) is 0 Å². The van der Waals surface area contributed by atoms with E-state index in [1.54, 1.807) is 0 Å². The molecule has 0 saturated carbocycles. The van der Waals surface area contributed by atoms with Crippen LogP contribution in [0.4, 0.5) is 0 Å². The Balaban J connectivity index is 2.95. The van der Waals surface area contributed by atoms with Gasteiger partial charge in [-0.2, -0.15) is 0 Å². The molecule has 0 fully saturated rings. The highest BCUT2D eigenvalue weighted by molar-refractivity contribution is 4.69. The molecule has 9 heavy (non-hydrogen) atoms. The van der Waals surface area contributed by atoms with Crippen molar-refractivity contribution in [2.24, 2.45) is 5.92 Å². The molecule has 0 N–H and O–H groups in total. The smallest absolute Gasteiger partial charge is 0.0145 e. The van der Waals surface area contributed by atoms with Crippen molar-refractivity contribution in [1.29, 1.82) is 0 Å². The molecule has 0 saturated heterocycles. The Morgan fingerprint density at radius 2 is 2.00 bits per heavy atom. The molecule has 0 aromatic carbocycles. The molecule has 0 aliphatic heterocycles. The van der Waals surface area contributed by atoms with E-state index in [0.717, 1.165) is 12.3 Å². The van der Waals surface area contributed by atoms with E-state index in [1.165, 1.54) is 19.3 Å². The van der Waals surface area contributed by atoms with E-state index in [2.05, 4.69) is 27.2 Å². The van der Waals surface area contributed by atoms with Crippen LogP contribution in [0.15, 0.2) is 0 Å². The summed E-state index contributed by atoms with van der Waals surface area (Å²) in [5.41, 5.74) is 0. The van der Waals surface area contributed by atoms with E-state index < -0.39 is 0 Å². The summed E-state index contributed by atoms with van der Waals surface area (Å²) in [5.74, 6) is 0.718. The van der Waals surface area contributed by atoms with Crippen molar-refractivity contribution in [3.8, 4) is 0 Å². The summed E-state index contributed by atoms with van der Waals surface area (Å²) in [4.78, 5) is 0. The zero-order valence-corrected chi connectivity index (χ0v) is 6.91. The fraction of sp³-hybridized carbons (Fsp3) is 0.889. The van der Waals surface area contributed by atoms with Crippen LogP contribution in [0, 0.1) is 12.3 Å². The molecule has 0 rings (SSSR count). The Morgan fingerprint density at radius 1 is 1.33 bits per heavy atom. The first-order valence-corrected chi connectivity index (χ1v) is 4.04. The number of rotatable bonds is 5. The summed E-state index contributed by atoms with van der Waals surface area (Å²) in [5, 5.41) is 0. The lowest BCUT2D eigenvalue weighted by atomic mass is 10.00. The lowest BCUT2D eigenvalue weighted by molar-refractivity contribution is 0.553. The van der Waals surface area contributed by atoms with Gasteiger partial charge in [-0.3, -0.25) is 0 Å². The molecule has 0 bridgehead atoms. The molecule has 2 radical (unpaired) electrons. The third kappa shape index (κ3) is 5.88. The molecule has 1 atom stereocenters. The fourth-order valence-corrected chi connectivity index (χ4v) is 0.961. The van der Waals surface area contributed by atoms with E-state index in [0.29, 0.717) is 0 Å². The lowest BCUT2D eigenvalue weighted by Crippen LogP contribution is -1.93. The molecule has 0 aromatic heterocycles. The highest BCUT2D eigenvalue weighted by atomic mass is 14.0. The molecule has 1 unspecified atom stereocenters. The van der Waals surface area contributed by atoms with Crippen LogP contribution in [0.1, 0.15) is 46.5 Å². The minimum atomic E-state index is 0.718. The second-order valence-corrected chi connectivity index (χ2v) is 2.60. The summed E-state index contributed by atoms with van der Waals surface area (Å²) in [6.45, 7) is 6.64. The van der Waals surface area contributed by atoms with E-state index in [-0.39, 0.29) is 0 Å². The predicted molar refractivity (Wildman–Crippen MR) is 42.2 cm³/mol. The SMILES string of the molecule is CC[C]C(C)CCCC. The van der Waals surface area contributed by atoms with Gasteiger partial charge < -0.3 is 0 Å². The Morgan fingerprint density at radius 3 is 2.44 bits per heavy atom. The van der Waals surface area contributed by atoms with Crippen molar-refractivity contribution in [3.63, 3.8) is 0 Å². The quantitative estimate of drug-likeness (QED) is 0.530. The molecule has 0 heterocycles. The van der Waals surface area contributed by atoms with Crippen LogP contribution >= 0.6 is 0 Å². The second kappa shape index (κ2) is 6.12. The molecule has 0 aliphatic rings. The number of hydrogen-bond acceptors (Lipinski definition) is 0. The van der Waals surface area contributed by atoms with Gasteiger partial charge >= 0.3 is 0 Å². The lowest BCUT2D eigenvalue weighted by Gasteiger charge is -2.06. The van der Waals surface area contributed by atoms with Crippen molar-refractivity contribution in [2.75, 3.05) is 0 Å². The summed E-state index contributed by atoms with van der Waals surface area (Å²) in [6, 6.07) is 0. The fourth-order valence-electron chi connectivity index (χ4n) is 0.961. The van der Waals surface area contributed by atoms with Crippen LogP contribution in [-0.4, -0.2) is 0 Å². The average molecular weight is 126 g/mol. The van der Waals surface area contributed by atoms with E-state index in [1.807, 2.05) is 0 Å². The number of hydrogen-bond donors (Lipinski definition) is 0. The zero-order chi connectivity index (χ0) is 7.11. The first-order chi connectivity index (χ1) is 4.31. The Kier molecular flexibility index (Phi) is 6.12. The van der Waals surface area contributed by atoms with Crippen LogP contribution in [0.3, 0.4) is 0 Å². The molecule has 0 aliphatic carbocycles. The minimum Gasteiger partial charge on any atom is -0.0654 e. The normalized spacial score (nSPS) is 13.7. The van der Waals surface area contributed by atoms with Gasteiger partial charge in [-0.15, -0.1) is 0 Å². The van der Waals surface area contributed by atoms with Crippen LogP contribution in [0.2, 0.25) is 0 Å². The summed E-state index contributed by atoms with van der Waals surface area (Å²) < 4.78 is 0. The van der Waals surface area contributed by atoms with Gasteiger partial charge in [-0.25, -0.2) is 0 Å². The maximum Gasteiger partial charge on any atom is -0.0145 e. The number of unbranched alkanes of at least 4 members (excludes halogenated alkanes) is 1. The van der Waals surface area contributed by atoms with Gasteiger partial charge in [0.25, 0.3) is 0 Å². The third-order valence-corrected chi connectivity index (χ3v) is 1.54. The van der Waals surface area contributed by atoms with Crippen LogP contribution < -0.4 is 0 Å². The summed E-state index contributed by atoms with van der Waals surface area (Å²) in [7, 11) is 0. The maximum absolute atomic E-state index is 3.38. The molecule has 0 heteroatoms. The predicted octanol–water partition coefficient (Wildman–Crippen LogP) is 3.30. The maximum atomic E-state index is 3.38. The molecular weight excluding hydrogens is 108 g/mol. The molecule has 0 spiro atoms. The highest BCUT2D eigenvalue weighted by Gasteiger charge is 1.98. The van der Waals surface area contributed by atoms with Crippen molar-refractivity contribution in [1.82, 2.24) is 0 Å². The Hall–Kier alpha value is 0. The van der Waals surface area contributed by atoms with Crippen molar-refractivity contribution >= 4 is 0 Å². The van der Waals surface area contributed by atoms with Gasteiger partial charge in [0, 0.05) is 0 Å². The van der Waals surface area contributed by atoms with Gasteiger partial charge in [-0.1, -0.05) is 40.0 Å². The summed E-state index contributed by atoms with van der Waals surface area (Å²) >= 11 is 0. The van der Waals surface area contributed by atoms with E-state index >= 15 is 0 Å². The van der Waals surface area contributed by atoms with Crippen LogP contribution in [0.25, 0.3) is 0 Å². The molecule has 0 amide bonds. The summed E-state index contributed by atoms with van der Waals surface area (Å²) in [6.07, 6.45) is 8.48. The zero-order valence-electron chi connectivity index (χ0n) is 6.91. The molecule has 0 aromatic rings. The topological polar surface area (TPSA) is 0 Å². The molecule has 54 valence electrons. The minimum absolute atomic E-state index is 0.718. The van der Waals surface area contributed by atoms with Gasteiger partial charge in [0.1, 0.15) is 0 Å². The van der Waals surface area contributed by atoms with Gasteiger partial charge in [0.2, 0.25) is 0 Å². The van der Waals surface area contributed by atoms with Crippen LogP contribution in [-0.2, 0) is 0 Å². The van der Waals surface area contributed by atoms with Crippen molar-refractivity contribution < 1.29 is 0 Å². The third-order valence-electron chi connectivity index (χ3n) is 1.54. The van der Waals surface area contributed by atoms with Gasteiger partial charge in [-0.05, 0) is 18.8 Å². The monoisotopic (exact) mass is 126 g/mol. The van der Waals surface area contributed by atoms with Gasteiger partial charge in [0.15, 0.2) is 0 Å². The average Bonchev–Trinajstić information content (AvgIpc) is 1.85. The first-order valence-electron chi connectivity index (χ1n) is 4.04. The molecular formula is C9H18. The largest absolute Gasteiger partial charge is 0.0654 e. The second-order valence-electron chi connectivity index (χ2n) is 2.60. The standard InChI is InChI=1S/C9H18/c1-4-6-8-9(3)7-5-2/h9H,4-6,8H2,1-3H3.